The molecule has 0 amide bonds. The predicted molar refractivity (Wildman–Crippen MR) is 126 cm³/mol. The fourth-order valence-corrected chi connectivity index (χ4v) is 1.94. The molecule has 0 spiro atoms. The Morgan fingerprint density at radius 2 is 0.862 bits per heavy atom. The van der Waals surface area contributed by atoms with Gasteiger partial charge in [-0.1, -0.05) is 92.2 Å². The average molecular weight is 474 g/mol. The number of hydrogen-bond donors (Lipinski definition) is 0. The van der Waals surface area contributed by atoms with Crippen LogP contribution in [0.2, 0.25) is 0 Å². The van der Waals surface area contributed by atoms with Crippen molar-refractivity contribution in [2.45, 2.75) is 80.1 Å². The first-order valence-electron chi connectivity index (χ1n) is 10.5. The molecule has 0 saturated heterocycles. The fourth-order valence-electron chi connectivity index (χ4n) is 1.94. The molecule has 29 heavy (non-hydrogen) atoms. The van der Waals surface area contributed by atoms with E-state index in [1.54, 1.807) is 24.8 Å². The summed E-state index contributed by atoms with van der Waals surface area (Å²) in [7, 11) is 0. The van der Waals surface area contributed by atoms with Gasteiger partial charge in [-0.2, -0.15) is 10.8 Å². The van der Waals surface area contributed by atoms with Gasteiger partial charge in [0.1, 0.15) is 0 Å². The van der Waals surface area contributed by atoms with Crippen molar-refractivity contribution in [1.29, 1.82) is 0 Å². The number of pyridine rings is 2. The summed E-state index contributed by atoms with van der Waals surface area (Å²) in [6.07, 6.45) is 14.7. The number of nitrogens with zero attached hydrogens (tertiary/aromatic N) is 2. The van der Waals surface area contributed by atoms with Gasteiger partial charge in [-0.15, -0.1) is 0 Å². The molecule has 0 aliphatic carbocycles. The molecule has 0 aromatic carbocycles. The van der Waals surface area contributed by atoms with Crippen LogP contribution in [0.5, 0.6) is 0 Å². The third-order valence-electron chi connectivity index (χ3n) is 3.55. The maximum atomic E-state index is 4.01. The van der Waals surface area contributed by atoms with Gasteiger partial charge in [0.15, 0.2) is 0 Å². The predicted octanol–water partition coefficient (Wildman–Crippen LogP) is 8.23. The zero-order chi connectivity index (χ0) is 21.7. The van der Waals surface area contributed by atoms with Crippen LogP contribution in [0.15, 0.2) is 61.2 Å². The van der Waals surface area contributed by atoms with Gasteiger partial charge in [-0.05, 0) is 24.3 Å². The summed E-state index contributed by atoms with van der Waals surface area (Å²) < 4.78 is 0. The maximum absolute atomic E-state index is 4.01. The van der Waals surface area contributed by atoms with E-state index in [0.717, 1.165) is 0 Å². The molecule has 0 fully saturated rings. The van der Waals surface area contributed by atoms with Crippen LogP contribution in [0.1, 0.15) is 80.1 Å². The van der Waals surface area contributed by atoms with E-state index in [0.29, 0.717) is 10.8 Å². The molecule has 0 aliphatic heterocycles. The second-order valence-electron chi connectivity index (χ2n) is 8.58. The molecule has 0 N–H and O–H groups in total. The third-order valence-corrected chi connectivity index (χ3v) is 3.55. The number of rotatable bonds is 6. The Balaban J connectivity index is -0.000000309. The normalized spacial score (nSPS) is 9.93. The second kappa shape index (κ2) is 22.1. The van der Waals surface area contributed by atoms with Gasteiger partial charge in [-0.3, -0.25) is 9.97 Å². The molecule has 2 nitrogen and oxygen atoms in total. The van der Waals surface area contributed by atoms with Crippen molar-refractivity contribution in [2.24, 2.45) is 10.8 Å². The molecule has 1 radical (unpaired) electrons. The van der Waals surface area contributed by atoms with Crippen molar-refractivity contribution >= 4 is 0 Å². The van der Waals surface area contributed by atoms with Crippen LogP contribution < -0.4 is 0 Å². The smallest absolute Gasteiger partial charge is 0.0267 e. The minimum absolute atomic E-state index is 0. The van der Waals surface area contributed by atoms with E-state index in [4.69, 9.17) is 0 Å². The van der Waals surface area contributed by atoms with Crippen molar-refractivity contribution in [3.63, 3.8) is 0 Å². The standard InChI is InChI=1S/2C8H17.2C5H5N.Y/c2*1-5-6-7-8(2,3)4;2*1-2-4-6-5-3-1;/h2*2,5-7H2,1,3-4H3;2*1-5H;/q2*-1;;;. The van der Waals surface area contributed by atoms with Crippen LogP contribution in [0.25, 0.3) is 0 Å². The first-order chi connectivity index (χ1) is 13.1. The van der Waals surface area contributed by atoms with Crippen LogP contribution >= 0.6 is 0 Å². The SMILES string of the molecule is [CH2-]C(C)(C)CCCC.[CH2-]C(C)(C)CCCC.[Y].c1ccncc1.c1ccncc1. The molecule has 0 atom stereocenters. The molecule has 0 saturated carbocycles. The molecule has 0 aliphatic rings. The van der Waals surface area contributed by atoms with E-state index in [1.807, 2.05) is 36.4 Å². The molecule has 163 valence electrons. The van der Waals surface area contributed by atoms with Gasteiger partial charge in [0.05, 0.1) is 0 Å². The van der Waals surface area contributed by atoms with Crippen LogP contribution in [-0.4, -0.2) is 9.97 Å². The van der Waals surface area contributed by atoms with Gasteiger partial charge < -0.3 is 13.8 Å². The van der Waals surface area contributed by atoms with Crippen molar-refractivity contribution in [2.75, 3.05) is 0 Å². The molecule has 3 heteroatoms. The Kier molecular flexibility index (Phi) is 25.2. The van der Waals surface area contributed by atoms with E-state index in [1.165, 1.54) is 38.5 Å². The van der Waals surface area contributed by atoms with Gasteiger partial charge >= 0.3 is 0 Å². The van der Waals surface area contributed by atoms with Crippen molar-refractivity contribution in [3.05, 3.63) is 75.0 Å². The largest absolute Gasteiger partial charge is 0.338 e. The Morgan fingerprint density at radius 3 is 0.931 bits per heavy atom. The van der Waals surface area contributed by atoms with Crippen LogP contribution in [-0.2, 0) is 32.7 Å². The fraction of sp³-hybridized carbons (Fsp3) is 0.538. The Bertz CT molecular complexity index is 399. The molecule has 2 rings (SSSR count). The summed E-state index contributed by atoms with van der Waals surface area (Å²) in [4.78, 5) is 7.57. The summed E-state index contributed by atoms with van der Waals surface area (Å²) in [6, 6.07) is 11.4. The van der Waals surface area contributed by atoms with Gasteiger partial charge in [0.25, 0.3) is 0 Å². The molecule has 0 bridgehead atoms. The summed E-state index contributed by atoms with van der Waals surface area (Å²) in [5, 5.41) is 0. The topological polar surface area (TPSA) is 25.8 Å². The quantitative estimate of drug-likeness (QED) is 0.395. The average Bonchev–Trinajstić information content (AvgIpc) is 2.68. The van der Waals surface area contributed by atoms with Crippen LogP contribution in [0.3, 0.4) is 0 Å². The minimum Gasteiger partial charge on any atom is -0.338 e. The van der Waals surface area contributed by atoms with Gasteiger partial charge in [0, 0.05) is 57.5 Å². The molecule has 2 aromatic rings. The number of unbranched alkanes of at least 4 members (excludes halogenated alkanes) is 2. The Hall–Kier alpha value is -0.596. The summed E-state index contributed by atoms with van der Waals surface area (Å²) in [6.45, 7) is 21.2. The number of hydrogen-bond acceptors (Lipinski definition) is 2. The van der Waals surface area contributed by atoms with E-state index >= 15 is 0 Å². The van der Waals surface area contributed by atoms with Crippen molar-refractivity contribution in [1.82, 2.24) is 9.97 Å². The van der Waals surface area contributed by atoms with E-state index < -0.39 is 0 Å². The second-order valence-corrected chi connectivity index (χ2v) is 8.58. The molecular weight excluding hydrogens is 429 g/mol. The first kappa shape index (κ1) is 33.1. The van der Waals surface area contributed by atoms with Gasteiger partial charge in [0.2, 0.25) is 0 Å². The minimum atomic E-state index is 0. The molecule has 2 heterocycles. The summed E-state index contributed by atoms with van der Waals surface area (Å²) in [5.74, 6) is 0. The zero-order valence-corrected chi connectivity index (χ0v) is 22.7. The number of aromatic nitrogens is 2. The first-order valence-corrected chi connectivity index (χ1v) is 10.5. The zero-order valence-electron chi connectivity index (χ0n) is 19.9. The Labute approximate surface area is 207 Å². The molecule has 0 unspecified atom stereocenters. The monoisotopic (exact) mass is 473 g/mol. The maximum Gasteiger partial charge on any atom is 0.0267 e. The van der Waals surface area contributed by atoms with Crippen LogP contribution in [0, 0.1) is 24.7 Å². The van der Waals surface area contributed by atoms with E-state index in [-0.39, 0.29) is 32.7 Å². The molecular formula is C26H44N2Y-2. The summed E-state index contributed by atoms with van der Waals surface area (Å²) in [5.41, 5.74) is 0.603. The van der Waals surface area contributed by atoms with Crippen molar-refractivity contribution in [3.8, 4) is 0 Å². The van der Waals surface area contributed by atoms with Gasteiger partial charge in [-0.25, -0.2) is 0 Å². The van der Waals surface area contributed by atoms with E-state index in [9.17, 15) is 0 Å². The summed E-state index contributed by atoms with van der Waals surface area (Å²) >= 11 is 0. The van der Waals surface area contributed by atoms with Crippen LogP contribution in [0.4, 0.5) is 0 Å². The Morgan fingerprint density at radius 1 is 0.586 bits per heavy atom. The third kappa shape index (κ3) is 38.6. The van der Waals surface area contributed by atoms with E-state index in [2.05, 4.69) is 65.4 Å². The van der Waals surface area contributed by atoms with Crippen molar-refractivity contribution < 1.29 is 32.7 Å². The molecule has 2 aromatic heterocycles.